The summed E-state index contributed by atoms with van der Waals surface area (Å²) in [5.74, 6) is 1.98. The molecule has 0 saturated carbocycles. The molecule has 0 aromatic heterocycles. The zero-order valence-corrected chi connectivity index (χ0v) is 8.52. The summed E-state index contributed by atoms with van der Waals surface area (Å²) in [4.78, 5) is 7.19. The van der Waals surface area contributed by atoms with Crippen LogP contribution in [0.15, 0.2) is 16.8 Å². The minimum absolute atomic E-state index is 0.746. The molecule has 0 N–H and O–H groups in total. The predicted molar refractivity (Wildman–Crippen MR) is 56.9 cm³/mol. The van der Waals surface area contributed by atoms with E-state index in [2.05, 4.69) is 11.0 Å². The molecule has 1 unspecified atom stereocenters. The third kappa shape index (κ3) is 1.30. The molecule has 1 saturated heterocycles. The van der Waals surface area contributed by atoms with Gasteiger partial charge in [0.05, 0.1) is 0 Å². The monoisotopic (exact) mass is 194 g/mol. The number of thioether (sulfide) groups is 1. The van der Waals surface area contributed by atoms with Crippen molar-refractivity contribution >= 4 is 16.9 Å². The molecule has 2 aliphatic heterocycles. The van der Waals surface area contributed by atoms with Crippen LogP contribution in [0, 0.1) is 5.92 Å². The fraction of sp³-hybridized carbons (Fsp3) is 0.700. The van der Waals surface area contributed by atoms with E-state index in [9.17, 15) is 0 Å². The van der Waals surface area contributed by atoms with Crippen LogP contribution in [0.2, 0.25) is 0 Å². The van der Waals surface area contributed by atoms with Gasteiger partial charge in [0.2, 0.25) is 0 Å². The lowest BCUT2D eigenvalue weighted by Gasteiger charge is -2.32. The Morgan fingerprint density at radius 1 is 1.54 bits per heavy atom. The second-order valence-corrected chi connectivity index (χ2v) is 5.01. The number of hydrogen-bond donors (Lipinski definition) is 0. The summed E-state index contributed by atoms with van der Waals surface area (Å²) in [6, 6.07) is 0. The van der Waals surface area contributed by atoms with Gasteiger partial charge in [-0.1, -0.05) is 17.8 Å². The van der Waals surface area contributed by atoms with Gasteiger partial charge < -0.3 is 4.90 Å². The van der Waals surface area contributed by atoms with Gasteiger partial charge in [-0.2, -0.15) is 0 Å². The zero-order valence-electron chi connectivity index (χ0n) is 7.70. The molecule has 3 heteroatoms. The van der Waals surface area contributed by atoms with Crippen LogP contribution in [-0.4, -0.2) is 28.9 Å². The van der Waals surface area contributed by atoms with Crippen molar-refractivity contribution in [3.8, 4) is 0 Å². The Labute approximate surface area is 83.1 Å². The molecule has 0 aromatic rings. The fourth-order valence-electron chi connectivity index (χ4n) is 2.33. The predicted octanol–water partition coefficient (Wildman–Crippen LogP) is 2.09. The zero-order chi connectivity index (χ0) is 8.67. The molecule has 0 radical (unpaired) electrons. The van der Waals surface area contributed by atoms with Crippen LogP contribution in [0.5, 0.6) is 0 Å². The van der Waals surface area contributed by atoms with Crippen LogP contribution in [0.4, 0.5) is 0 Å². The van der Waals surface area contributed by atoms with Crippen LogP contribution in [0.3, 0.4) is 0 Å². The minimum atomic E-state index is 0.746. The highest BCUT2D eigenvalue weighted by Crippen LogP contribution is 2.34. The second kappa shape index (κ2) is 3.05. The lowest BCUT2D eigenvalue weighted by molar-refractivity contribution is 0.346. The Kier molecular flexibility index (Phi) is 1.86. The average Bonchev–Trinajstić information content (AvgIpc) is 2.61. The smallest absolute Gasteiger partial charge is 0.164 e. The van der Waals surface area contributed by atoms with Crippen molar-refractivity contribution in [3.63, 3.8) is 0 Å². The SMILES string of the molecule is C1=C2N=C3SCCN3CC2CCC1. The van der Waals surface area contributed by atoms with E-state index in [1.165, 1.54) is 49.0 Å². The van der Waals surface area contributed by atoms with Crippen LogP contribution in [0.1, 0.15) is 19.3 Å². The molecule has 0 amide bonds. The van der Waals surface area contributed by atoms with Crippen molar-refractivity contribution < 1.29 is 0 Å². The quantitative estimate of drug-likeness (QED) is 0.587. The van der Waals surface area contributed by atoms with Crippen molar-refractivity contribution in [2.45, 2.75) is 19.3 Å². The van der Waals surface area contributed by atoms with E-state index in [4.69, 9.17) is 4.99 Å². The maximum atomic E-state index is 4.73. The number of rotatable bonds is 0. The molecule has 2 heterocycles. The van der Waals surface area contributed by atoms with Gasteiger partial charge in [-0.25, -0.2) is 4.99 Å². The molecule has 1 atom stereocenters. The molecule has 70 valence electrons. The summed E-state index contributed by atoms with van der Waals surface area (Å²) in [6.07, 6.45) is 6.30. The molecule has 1 fully saturated rings. The van der Waals surface area contributed by atoms with Crippen molar-refractivity contribution in [2.75, 3.05) is 18.8 Å². The average molecular weight is 194 g/mol. The lowest BCUT2D eigenvalue weighted by atomic mass is 9.91. The fourth-order valence-corrected chi connectivity index (χ4v) is 3.35. The molecule has 0 spiro atoms. The lowest BCUT2D eigenvalue weighted by Crippen LogP contribution is -2.35. The van der Waals surface area contributed by atoms with E-state index >= 15 is 0 Å². The number of allylic oxidation sites excluding steroid dienone is 1. The largest absolute Gasteiger partial charge is 0.350 e. The van der Waals surface area contributed by atoms with E-state index in [0.717, 1.165) is 5.92 Å². The minimum Gasteiger partial charge on any atom is -0.350 e. The summed E-state index contributed by atoms with van der Waals surface area (Å²) >= 11 is 1.92. The molecular formula is C10H14N2S. The molecule has 3 rings (SSSR count). The maximum Gasteiger partial charge on any atom is 0.164 e. The van der Waals surface area contributed by atoms with Gasteiger partial charge in [-0.3, -0.25) is 0 Å². The number of amidine groups is 1. The van der Waals surface area contributed by atoms with Gasteiger partial charge in [0.25, 0.3) is 0 Å². The Morgan fingerprint density at radius 3 is 3.54 bits per heavy atom. The van der Waals surface area contributed by atoms with E-state index in [1.807, 2.05) is 11.8 Å². The molecule has 13 heavy (non-hydrogen) atoms. The van der Waals surface area contributed by atoms with E-state index in [1.54, 1.807) is 0 Å². The highest BCUT2D eigenvalue weighted by Gasteiger charge is 2.30. The summed E-state index contributed by atoms with van der Waals surface area (Å²) in [5, 5.41) is 1.28. The molecule has 2 nitrogen and oxygen atoms in total. The van der Waals surface area contributed by atoms with E-state index < -0.39 is 0 Å². The van der Waals surface area contributed by atoms with Gasteiger partial charge in [-0.15, -0.1) is 0 Å². The third-order valence-corrected chi connectivity index (χ3v) is 4.05. The Balaban J connectivity index is 1.94. The molecule has 0 bridgehead atoms. The topological polar surface area (TPSA) is 15.6 Å². The van der Waals surface area contributed by atoms with Gasteiger partial charge in [0.15, 0.2) is 5.17 Å². The summed E-state index contributed by atoms with van der Waals surface area (Å²) < 4.78 is 0. The number of aliphatic imine (C=N–C) groups is 1. The molecule has 1 aliphatic carbocycles. The Morgan fingerprint density at radius 2 is 2.54 bits per heavy atom. The summed E-state index contributed by atoms with van der Waals surface area (Å²) in [5.41, 5.74) is 1.38. The van der Waals surface area contributed by atoms with Crippen molar-refractivity contribution in [2.24, 2.45) is 10.9 Å². The van der Waals surface area contributed by atoms with Crippen molar-refractivity contribution in [1.82, 2.24) is 4.90 Å². The molecular weight excluding hydrogens is 180 g/mol. The Bertz CT molecular complexity index is 283. The maximum absolute atomic E-state index is 4.73. The first-order valence-electron chi connectivity index (χ1n) is 5.10. The van der Waals surface area contributed by atoms with Crippen LogP contribution < -0.4 is 0 Å². The first kappa shape index (κ1) is 7.92. The normalized spacial score (nSPS) is 32.0. The van der Waals surface area contributed by atoms with Gasteiger partial charge in [0.1, 0.15) is 0 Å². The van der Waals surface area contributed by atoms with Gasteiger partial charge in [0, 0.05) is 30.5 Å². The number of fused-ring (bicyclic) bond motifs is 2. The number of hydrogen-bond acceptors (Lipinski definition) is 3. The first-order chi connectivity index (χ1) is 6.43. The van der Waals surface area contributed by atoms with Crippen LogP contribution in [0.25, 0.3) is 0 Å². The summed E-state index contributed by atoms with van der Waals surface area (Å²) in [7, 11) is 0. The van der Waals surface area contributed by atoms with E-state index in [-0.39, 0.29) is 0 Å². The van der Waals surface area contributed by atoms with Gasteiger partial charge in [-0.05, 0) is 19.3 Å². The highest BCUT2D eigenvalue weighted by molar-refractivity contribution is 8.14. The highest BCUT2D eigenvalue weighted by atomic mass is 32.2. The van der Waals surface area contributed by atoms with Gasteiger partial charge >= 0.3 is 0 Å². The second-order valence-electron chi connectivity index (χ2n) is 3.95. The van der Waals surface area contributed by atoms with Crippen molar-refractivity contribution in [3.05, 3.63) is 11.8 Å². The molecule has 0 aromatic carbocycles. The van der Waals surface area contributed by atoms with E-state index in [0.29, 0.717) is 0 Å². The number of nitrogens with zero attached hydrogens (tertiary/aromatic N) is 2. The van der Waals surface area contributed by atoms with Crippen molar-refractivity contribution in [1.29, 1.82) is 0 Å². The summed E-state index contributed by atoms with van der Waals surface area (Å²) in [6.45, 7) is 2.45. The van der Waals surface area contributed by atoms with Crippen LogP contribution >= 0.6 is 11.8 Å². The molecule has 3 aliphatic rings. The first-order valence-corrected chi connectivity index (χ1v) is 6.08. The Hall–Kier alpha value is -0.440. The third-order valence-electron chi connectivity index (χ3n) is 3.06. The van der Waals surface area contributed by atoms with Crippen LogP contribution in [-0.2, 0) is 0 Å². The standard InChI is InChI=1S/C10H14N2S/c1-2-4-9-8(3-1)7-12-5-6-13-10(12)11-9/h4,8H,1-3,5-7H2.